The highest BCUT2D eigenvalue weighted by Gasteiger charge is 2.14. The molecule has 1 aromatic carbocycles. The predicted octanol–water partition coefficient (Wildman–Crippen LogP) is 5.10. The van der Waals surface area contributed by atoms with Crippen LogP contribution in [0, 0.1) is 12.7 Å². The Labute approximate surface area is 198 Å². The number of halogens is 1. The highest BCUT2D eigenvalue weighted by atomic mass is 19.1. The molecule has 33 heavy (non-hydrogen) atoms. The van der Waals surface area contributed by atoms with Crippen molar-refractivity contribution in [1.82, 2.24) is 15.5 Å². The van der Waals surface area contributed by atoms with E-state index in [9.17, 15) is 4.39 Å². The van der Waals surface area contributed by atoms with E-state index in [1.54, 1.807) is 25.3 Å². The van der Waals surface area contributed by atoms with E-state index in [-0.39, 0.29) is 11.9 Å². The zero-order valence-electron chi connectivity index (χ0n) is 20.2. The van der Waals surface area contributed by atoms with E-state index < -0.39 is 0 Å². The minimum atomic E-state index is -0.173. The zero-order chi connectivity index (χ0) is 24.1. The number of piperidine rings is 1. The van der Waals surface area contributed by atoms with Crippen molar-refractivity contribution in [3.63, 3.8) is 0 Å². The predicted molar refractivity (Wildman–Crippen MR) is 139 cm³/mol. The number of aryl methyl sites for hydroxylation is 1. The van der Waals surface area contributed by atoms with Crippen LogP contribution in [0.15, 0.2) is 77.0 Å². The molecule has 1 aromatic rings. The van der Waals surface area contributed by atoms with E-state index in [0.29, 0.717) is 18.3 Å². The number of allylic oxidation sites excluding steroid dienone is 5. The van der Waals surface area contributed by atoms with Crippen LogP contribution in [0.5, 0.6) is 0 Å². The first-order chi connectivity index (χ1) is 16.0. The van der Waals surface area contributed by atoms with Gasteiger partial charge in [0.15, 0.2) is 0 Å². The standard InChI is InChI=1S/C27H38FN5/c1-6-9-22(26(13-16-29-4)32-20-31-24-10-8-15-30-19-24)14-17-33(5)27(7-2)23-12-11-21(3)25(28)18-23/h6,9,11-14,16-18,24,27,30-31H,1,4,7-8,10,15,19-20H2,2-3,5H3/b16-13-,17-14-,22-9+,32-26+. The Kier molecular flexibility index (Phi) is 11.5. The number of hydrogen-bond acceptors (Lipinski definition) is 5. The van der Waals surface area contributed by atoms with Crippen LogP contribution >= 0.6 is 0 Å². The number of hydrogen-bond donors (Lipinski definition) is 2. The van der Waals surface area contributed by atoms with Crippen molar-refractivity contribution in [2.45, 2.75) is 45.2 Å². The van der Waals surface area contributed by atoms with Crippen LogP contribution < -0.4 is 10.6 Å². The van der Waals surface area contributed by atoms with Crippen molar-refractivity contribution in [1.29, 1.82) is 0 Å². The molecule has 1 heterocycles. The molecule has 2 rings (SSSR count). The molecule has 0 bridgehead atoms. The molecule has 0 aliphatic carbocycles. The molecule has 0 amide bonds. The molecule has 0 saturated carbocycles. The van der Waals surface area contributed by atoms with E-state index in [1.807, 2.05) is 43.6 Å². The van der Waals surface area contributed by atoms with Gasteiger partial charge in [0.2, 0.25) is 0 Å². The quantitative estimate of drug-likeness (QED) is 0.343. The van der Waals surface area contributed by atoms with E-state index in [1.165, 1.54) is 6.42 Å². The number of nitrogens with one attached hydrogen (secondary N) is 2. The first-order valence-corrected chi connectivity index (χ1v) is 11.6. The van der Waals surface area contributed by atoms with Crippen LogP contribution in [0.1, 0.15) is 43.4 Å². The molecular formula is C27H38FN5. The summed E-state index contributed by atoms with van der Waals surface area (Å²) in [5.74, 6) is -0.173. The van der Waals surface area contributed by atoms with E-state index >= 15 is 0 Å². The Hall–Kier alpha value is -2.83. The second-order valence-corrected chi connectivity index (χ2v) is 8.22. The lowest BCUT2D eigenvalue weighted by Crippen LogP contribution is -2.43. The van der Waals surface area contributed by atoms with E-state index in [4.69, 9.17) is 4.99 Å². The lowest BCUT2D eigenvalue weighted by Gasteiger charge is -2.26. The van der Waals surface area contributed by atoms with Gasteiger partial charge in [0.05, 0.1) is 18.4 Å². The molecule has 2 N–H and O–H groups in total. The minimum Gasteiger partial charge on any atom is -0.373 e. The van der Waals surface area contributed by atoms with Crippen molar-refractivity contribution >= 4 is 12.4 Å². The Bertz CT molecular complexity index is 894. The molecule has 1 aliphatic rings. The fourth-order valence-electron chi connectivity index (χ4n) is 3.88. The second-order valence-electron chi connectivity index (χ2n) is 8.22. The second kappa shape index (κ2) is 14.3. The van der Waals surface area contributed by atoms with Gasteiger partial charge >= 0.3 is 0 Å². The van der Waals surface area contributed by atoms with Gasteiger partial charge in [-0.3, -0.25) is 15.3 Å². The van der Waals surface area contributed by atoms with Crippen molar-refractivity contribution < 1.29 is 4.39 Å². The summed E-state index contributed by atoms with van der Waals surface area (Å²) in [4.78, 5) is 10.7. The molecule has 2 unspecified atom stereocenters. The molecule has 1 fully saturated rings. The smallest absolute Gasteiger partial charge is 0.126 e. The number of aliphatic imine (C=N–C) groups is 2. The molecule has 2 atom stereocenters. The Morgan fingerprint density at radius 1 is 1.39 bits per heavy atom. The van der Waals surface area contributed by atoms with Gasteiger partial charge in [0, 0.05) is 31.4 Å². The number of benzene rings is 1. The van der Waals surface area contributed by atoms with E-state index in [0.717, 1.165) is 42.8 Å². The van der Waals surface area contributed by atoms with Crippen LogP contribution in [0.3, 0.4) is 0 Å². The largest absolute Gasteiger partial charge is 0.373 e. The summed E-state index contributed by atoms with van der Waals surface area (Å²) in [5, 5.41) is 6.90. The van der Waals surface area contributed by atoms with Gasteiger partial charge in [0.1, 0.15) is 5.82 Å². The molecule has 0 aromatic heterocycles. The third kappa shape index (κ3) is 8.56. The molecule has 5 nitrogen and oxygen atoms in total. The van der Waals surface area contributed by atoms with Gasteiger partial charge in [-0.1, -0.05) is 37.8 Å². The van der Waals surface area contributed by atoms with Gasteiger partial charge in [-0.05, 0) is 75.0 Å². The Morgan fingerprint density at radius 2 is 2.21 bits per heavy atom. The maximum absolute atomic E-state index is 14.1. The summed E-state index contributed by atoms with van der Waals surface area (Å²) in [6.07, 6.45) is 14.3. The highest BCUT2D eigenvalue weighted by molar-refractivity contribution is 6.10. The first-order valence-electron chi connectivity index (χ1n) is 11.6. The highest BCUT2D eigenvalue weighted by Crippen LogP contribution is 2.25. The summed E-state index contributed by atoms with van der Waals surface area (Å²) in [5.41, 5.74) is 3.31. The number of nitrogens with zero attached hydrogens (tertiary/aromatic N) is 3. The van der Waals surface area contributed by atoms with Crippen LogP contribution in [-0.4, -0.2) is 50.2 Å². The van der Waals surface area contributed by atoms with Crippen LogP contribution in [0.2, 0.25) is 0 Å². The maximum Gasteiger partial charge on any atom is 0.126 e. The van der Waals surface area contributed by atoms with Crippen molar-refractivity contribution in [3.8, 4) is 0 Å². The van der Waals surface area contributed by atoms with Crippen molar-refractivity contribution in [2.24, 2.45) is 9.98 Å². The molecule has 0 spiro atoms. The van der Waals surface area contributed by atoms with Crippen LogP contribution in [0.25, 0.3) is 0 Å². The lowest BCUT2D eigenvalue weighted by molar-refractivity contribution is 0.327. The zero-order valence-corrected chi connectivity index (χ0v) is 20.2. The van der Waals surface area contributed by atoms with Gasteiger partial charge < -0.3 is 10.2 Å². The maximum atomic E-state index is 14.1. The summed E-state index contributed by atoms with van der Waals surface area (Å²) < 4.78 is 14.1. The topological polar surface area (TPSA) is 52.0 Å². The average Bonchev–Trinajstić information content (AvgIpc) is 2.82. The molecule has 0 radical (unpaired) electrons. The molecule has 1 saturated heterocycles. The normalized spacial score (nSPS) is 18.6. The summed E-state index contributed by atoms with van der Waals surface area (Å²) in [7, 11) is 2.00. The fourth-order valence-corrected chi connectivity index (χ4v) is 3.88. The number of rotatable bonds is 12. The minimum absolute atomic E-state index is 0.0626. The van der Waals surface area contributed by atoms with E-state index in [2.05, 4.69) is 40.7 Å². The molecule has 6 heteroatoms. The molecule has 178 valence electrons. The third-order valence-corrected chi connectivity index (χ3v) is 5.81. The Morgan fingerprint density at radius 3 is 2.85 bits per heavy atom. The SMILES string of the molecule is C=C/C=C(\C=C/N(C)C(CC)c1ccc(C)c(F)c1)C(/C=C\N=C)=N/CNC1CCCNC1. The molecule has 1 aliphatic heterocycles. The van der Waals surface area contributed by atoms with Gasteiger partial charge in [-0.25, -0.2) is 4.39 Å². The van der Waals surface area contributed by atoms with Gasteiger partial charge in [0.25, 0.3) is 0 Å². The summed E-state index contributed by atoms with van der Waals surface area (Å²) in [6, 6.07) is 5.95. The van der Waals surface area contributed by atoms with Crippen LogP contribution in [0.4, 0.5) is 4.39 Å². The first kappa shape index (κ1) is 26.4. The monoisotopic (exact) mass is 451 g/mol. The fraction of sp³-hybridized carbons (Fsp3) is 0.407. The molecular weight excluding hydrogens is 413 g/mol. The Balaban J connectivity index is 2.18. The summed E-state index contributed by atoms with van der Waals surface area (Å²) in [6.45, 7) is 13.8. The average molecular weight is 452 g/mol. The van der Waals surface area contributed by atoms with Crippen molar-refractivity contribution in [2.75, 3.05) is 26.8 Å². The summed E-state index contributed by atoms with van der Waals surface area (Å²) >= 11 is 0. The van der Waals surface area contributed by atoms with Gasteiger partial charge in [-0.2, -0.15) is 0 Å². The van der Waals surface area contributed by atoms with Crippen molar-refractivity contribution in [3.05, 3.63) is 84.0 Å². The lowest BCUT2D eigenvalue weighted by atomic mass is 10.0. The third-order valence-electron chi connectivity index (χ3n) is 5.81. The van der Waals surface area contributed by atoms with Gasteiger partial charge in [-0.15, -0.1) is 0 Å². The van der Waals surface area contributed by atoms with Crippen LogP contribution in [-0.2, 0) is 0 Å².